The topological polar surface area (TPSA) is 55.2 Å². The summed E-state index contributed by atoms with van der Waals surface area (Å²) in [7, 11) is 0. The molecule has 0 atom stereocenters. The average Bonchev–Trinajstić information content (AvgIpc) is 2.41. The molecule has 0 spiro atoms. The molecule has 1 N–H and O–H groups in total. The molecular formula is C14H12ClFN2O2. The van der Waals surface area contributed by atoms with E-state index in [0.717, 1.165) is 5.56 Å². The highest BCUT2D eigenvalue weighted by Crippen LogP contribution is 2.15. The van der Waals surface area contributed by atoms with Gasteiger partial charge in [0, 0.05) is 35.8 Å². The maximum Gasteiger partial charge on any atom is 0.269 e. The minimum absolute atomic E-state index is 0.0435. The fourth-order valence-electron chi connectivity index (χ4n) is 1.79. The van der Waals surface area contributed by atoms with Gasteiger partial charge in [-0.15, -0.1) is 0 Å². The smallest absolute Gasteiger partial charge is 0.269 e. The van der Waals surface area contributed by atoms with Crippen LogP contribution in [0.4, 0.5) is 10.1 Å². The fourth-order valence-corrected chi connectivity index (χ4v) is 1.95. The van der Waals surface area contributed by atoms with Gasteiger partial charge in [0.2, 0.25) is 0 Å². The van der Waals surface area contributed by atoms with Gasteiger partial charge in [-0.05, 0) is 17.7 Å². The Labute approximate surface area is 120 Å². The Balaban J connectivity index is 1.96. The number of hydrogen-bond donors (Lipinski definition) is 1. The van der Waals surface area contributed by atoms with Crippen LogP contribution in [0.3, 0.4) is 0 Å². The summed E-state index contributed by atoms with van der Waals surface area (Å²) in [4.78, 5) is 10.2. The van der Waals surface area contributed by atoms with Gasteiger partial charge in [0.25, 0.3) is 5.69 Å². The lowest BCUT2D eigenvalue weighted by atomic mass is 10.2. The molecule has 4 nitrogen and oxygen atoms in total. The van der Waals surface area contributed by atoms with E-state index in [1.165, 1.54) is 18.2 Å². The Morgan fingerprint density at radius 3 is 2.70 bits per heavy atom. The van der Waals surface area contributed by atoms with Crippen LogP contribution in [0.5, 0.6) is 0 Å². The van der Waals surface area contributed by atoms with Crippen molar-refractivity contribution in [2.75, 3.05) is 0 Å². The van der Waals surface area contributed by atoms with E-state index in [4.69, 9.17) is 11.6 Å². The number of nitro groups is 1. The van der Waals surface area contributed by atoms with Crippen LogP contribution >= 0.6 is 11.6 Å². The minimum atomic E-state index is -0.442. The Morgan fingerprint density at radius 2 is 2.00 bits per heavy atom. The van der Waals surface area contributed by atoms with Gasteiger partial charge in [0.15, 0.2) is 0 Å². The highest BCUT2D eigenvalue weighted by molar-refractivity contribution is 6.30. The highest BCUT2D eigenvalue weighted by Gasteiger charge is 2.06. The van der Waals surface area contributed by atoms with E-state index >= 15 is 0 Å². The SMILES string of the molecule is O=[N+]([O-])c1cccc(CNCc2ccc(Cl)cc2F)c1. The first-order valence-corrected chi connectivity index (χ1v) is 6.32. The first kappa shape index (κ1) is 14.4. The average molecular weight is 295 g/mol. The minimum Gasteiger partial charge on any atom is -0.309 e. The molecule has 0 aromatic heterocycles. The number of benzene rings is 2. The molecule has 0 saturated heterocycles. The van der Waals surface area contributed by atoms with E-state index in [2.05, 4.69) is 5.32 Å². The molecule has 6 heteroatoms. The predicted octanol–water partition coefficient (Wildman–Crippen LogP) is 3.68. The summed E-state index contributed by atoms with van der Waals surface area (Å²) < 4.78 is 13.5. The lowest BCUT2D eigenvalue weighted by molar-refractivity contribution is -0.384. The molecule has 0 bridgehead atoms. The van der Waals surface area contributed by atoms with Crippen LogP contribution in [-0.2, 0) is 13.1 Å². The zero-order valence-electron chi connectivity index (χ0n) is 10.5. The van der Waals surface area contributed by atoms with Gasteiger partial charge in [-0.2, -0.15) is 0 Å². The number of halogens is 2. The van der Waals surface area contributed by atoms with Crippen molar-refractivity contribution in [1.29, 1.82) is 0 Å². The van der Waals surface area contributed by atoms with Gasteiger partial charge < -0.3 is 5.32 Å². The normalized spacial score (nSPS) is 10.5. The van der Waals surface area contributed by atoms with Crippen LogP contribution in [-0.4, -0.2) is 4.92 Å². The molecule has 20 heavy (non-hydrogen) atoms. The van der Waals surface area contributed by atoms with Crippen LogP contribution in [0, 0.1) is 15.9 Å². The molecule has 0 radical (unpaired) electrons. The summed E-state index contributed by atoms with van der Waals surface area (Å²) in [6.45, 7) is 0.745. The molecule has 0 fully saturated rings. The number of hydrogen-bond acceptors (Lipinski definition) is 3. The Hall–Kier alpha value is -1.98. The fraction of sp³-hybridized carbons (Fsp3) is 0.143. The van der Waals surface area contributed by atoms with E-state index < -0.39 is 4.92 Å². The van der Waals surface area contributed by atoms with Crippen molar-refractivity contribution in [3.8, 4) is 0 Å². The van der Waals surface area contributed by atoms with Crippen LogP contribution in [0.2, 0.25) is 5.02 Å². The van der Waals surface area contributed by atoms with Crippen LogP contribution in [0.1, 0.15) is 11.1 Å². The summed E-state index contributed by atoms with van der Waals surface area (Å²) in [5, 5.41) is 14.0. The molecule has 0 aliphatic rings. The van der Waals surface area contributed by atoms with Crippen molar-refractivity contribution in [1.82, 2.24) is 5.32 Å². The number of nitro benzene ring substituents is 1. The number of non-ortho nitro benzene ring substituents is 1. The molecule has 0 unspecified atom stereocenters. The lowest BCUT2D eigenvalue weighted by Gasteiger charge is -2.06. The standard InChI is InChI=1S/C14H12ClFN2O2/c15-12-5-4-11(14(16)7-12)9-17-8-10-2-1-3-13(6-10)18(19)20/h1-7,17H,8-9H2. The van der Waals surface area contributed by atoms with Crippen molar-refractivity contribution in [3.63, 3.8) is 0 Å². The zero-order valence-corrected chi connectivity index (χ0v) is 11.2. The van der Waals surface area contributed by atoms with Crippen molar-refractivity contribution < 1.29 is 9.31 Å². The molecule has 2 rings (SSSR count). The molecular weight excluding hydrogens is 283 g/mol. The number of nitrogens with zero attached hydrogens (tertiary/aromatic N) is 1. The third-order valence-electron chi connectivity index (χ3n) is 2.78. The summed E-state index contributed by atoms with van der Waals surface area (Å²) in [5.74, 6) is -0.371. The molecule has 0 heterocycles. The summed E-state index contributed by atoms with van der Waals surface area (Å²) in [6, 6.07) is 10.8. The molecule has 104 valence electrons. The lowest BCUT2D eigenvalue weighted by Crippen LogP contribution is -2.13. The van der Waals surface area contributed by atoms with Crippen molar-refractivity contribution in [3.05, 3.63) is 74.5 Å². The van der Waals surface area contributed by atoms with Crippen molar-refractivity contribution in [2.24, 2.45) is 0 Å². The Kier molecular flexibility index (Phi) is 4.65. The van der Waals surface area contributed by atoms with Crippen LogP contribution in [0.25, 0.3) is 0 Å². The molecule has 0 saturated carbocycles. The molecule has 2 aromatic carbocycles. The molecule has 0 aliphatic heterocycles. The third kappa shape index (κ3) is 3.76. The Bertz CT molecular complexity index is 634. The van der Waals surface area contributed by atoms with Crippen molar-refractivity contribution in [2.45, 2.75) is 13.1 Å². The van der Waals surface area contributed by atoms with E-state index in [-0.39, 0.29) is 11.5 Å². The summed E-state index contributed by atoms with van der Waals surface area (Å²) >= 11 is 5.67. The van der Waals surface area contributed by atoms with E-state index in [1.807, 2.05) is 0 Å². The maximum atomic E-state index is 13.5. The monoisotopic (exact) mass is 294 g/mol. The highest BCUT2D eigenvalue weighted by atomic mass is 35.5. The summed E-state index contributed by atoms with van der Waals surface area (Å²) in [5.41, 5.74) is 1.32. The van der Waals surface area contributed by atoms with Gasteiger partial charge in [0.05, 0.1) is 4.92 Å². The molecule has 2 aromatic rings. The van der Waals surface area contributed by atoms with Crippen molar-refractivity contribution >= 4 is 17.3 Å². The third-order valence-corrected chi connectivity index (χ3v) is 3.02. The van der Waals surface area contributed by atoms with Gasteiger partial charge in [0.1, 0.15) is 5.82 Å². The molecule has 0 amide bonds. The second-order valence-electron chi connectivity index (χ2n) is 4.27. The van der Waals surface area contributed by atoms with Gasteiger partial charge in [-0.3, -0.25) is 10.1 Å². The Morgan fingerprint density at radius 1 is 1.20 bits per heavy atom. The first-order chi connectivity index (χ1) is 9.56. The van der Waals surface area contributed by atoms with Gasteiger partial charge >= 0.3 is 0 Å². The van der Waals surface area contributed by atoms with Gasteiger partial charge in [-0.25, -0.2) is 4.39 Å². The second kappa shape index (κ2) is 6.45. The maximum absolute atomic E-state index is 13.5. The predicted molar refractivity (Wildman–Crippen MR) is 75.1 cm³/mol. The van der Waals surface area contributed by atoms with E-state index in [9.17, 15) is 14.5 Å². The first-order valence-electron chi connectivity index (χ1n) is 5.94. The summed E-state index contributed by atoms with van der Waals surface area (Å²) in [6.07, 6.45) is 0. The van der Waals surface area contributed by atoms with E-state index in [1.54, 1.807) is 24.3 Å². The van der Waals surface area contributed by atoms with Crippen LogP contribution in [0.15, 0.2) is 42.5 Å². The van der Waals surface area contributed by atoms with Gasteiger partial charge in [-0.1, -0.05) is 29.8 Å². The van der Waals surface area contributed by atoms with Crippen LogP contribution < -0.4 is 5.32 Å². The number of rotatable bonds is 5. The second-order valence-corrected chi connectivity index (χ2v) is 4.70. The van der Waals surface area contributed by atoms with E-state index in [0.29, 0.717) is 23.7 Å². The largest absolute Gasteiger partial charge is 0.309 e. The molecule has 0 aliphatic carbocycles. The zero-order chi connectivity index (χ0) is 14.5. The number of nitrogens with one attached hydrogen (secondary N) is 1. The quantitative estimate of drug-likeness (QED) is 0.676.